The predicted molar refractivity (Wildman–Crippen MR) is 80.6 cm³/mol. The first kappa shape index (κ1) is 16.4. The minimum absolute atomic E-state index is 0.0850. The zero-order chi connectivity index (χ0) is 16.3. The predicted octanol–water partition coefficient (Wildman–Crippen LogP) is 2.98. The van der Waals surface area contributed by atoms with E-state index in [4.69, 9.17) is 0 Å². The third kappa shape index (κ3) is 3.79. The molecule has 0 spiro atoms. The van der Waals surface area contributed by atoms with Crippen molar-refractivity contribution in [3.05, 3.63) is 53.7 Å². The summed E-state index contributed by atoms with van der Waals surface area (Å²) < 4.78 is 50.0. The van der Waals surface area contributed by atoms with Crippen LogP contribution in [0.15, 0.2) is 41.4 Å². The van der Waals surface area contributed by atoms with E-state index in [0.717, 1.165) is 12.3 Å². The van der Waals surface area contributed by atoms with Crippen molar-refractivity contribution in [3.8, 4) is 0 Å². The summed E-state index contributed by atoms with van der Waals surface area (Å²) in [5.41, 5.74) is 0.353. The molecule has 1 aromatic carbocycles. The molecule has 1 aromatic heterocycles. The van der Waals surface area contributed by atoms with Gasteiger partial charge >= 0.3 is 0 Å². The third-order valence-electron chi connectivity index (χ3n) is 3.24. The lowest BCUT2D eigenvalue weighted by atomic mass is 10.0. The number of pyridine rings is 1. The highest BCUT2D eigenvalue weighted by atomic mass is 32.2. The van der Waals surface area contributed by atoms with Crippen molar-refractivity contribution >= 4 is 15.7 Å². The molecule has 7 heteroatoms. The molecule has 4 nitrogen and oxygen atoms in total. The number of hydrogen-bond donors (Lipinski definition) is 1. The topological polar surface area (TPSA) is 59.1 Å². The molecule has 0 saturated carbocycles. The zero-order valence-corrected chi connectivity index (χ0v) is 13.0. The number of benzene rings is 1. The Balaban J connectivity index is 2.17. The molecule has 1 N–H and O–H groups in total. The van der Waals surface area contributed by atoms with Gasteiger partial charge in [-0.25, -0.2) is 22.2 Å². The number of halogens is 2. The largest absolute Gasteiger partial charge is 0.368 e. The van der Waals surface area contributed by atoms with E-state index in [9.17, 15) is 17.2 Å². The van der Waals surface area contributed by atoms with Crippen LogP contribution in [-0.2, 0) is 9.84 Å². The number of nitrogens with zero attached hydrogens (tertiary/aromatic N) is 1. The van der Waals surface area contributed by atoms with E-state index in [1.54, 1.807) is 6.92 Å². The molecule has 0 bridgehead atoms. The lowest BCUT2D eigenvalue weighted by Gasteiger charge is -2.15. The van der Waals surface area contributed by atoms with E-state index in [-0.39, 0.29) is 23.2 Å². The third-order valence-corrected chi connectivity index (χ3v) is 4.37. The maximum atomic E-state index is 13.7. The Kier molecular flexibility index (Phi) is 4.75. The van der Waals surface area contributed by atoms with Crippen LogP contribution >= 0.6 is 0 Å². The molecule has 1 atom stereocenters. The Labute approximate surface area is 128 Å². The van der Waals surface area contributed by atoms with Gasteiger partial charge in [0.25, 0.3) is 0 Å². The summed E-state index contributed by atoms with van der Waals surface area (Å²) in [5, 5.41) is 2.91. The molecule has 1 unspecified atom stereocenters. The highest BCUT2D eigenvalue weighted by molar-refractivity contribution is 7.90. The van der Waals surface area contributed by atoms with Crippen LogP contribution in [-0.4, -0.2) is 26.2 Å². The van der Waals surface area contributed by atoms with Crippen LogP contribution in [0, 0.1) is 11.6 Å². The van der Waals surface area contributed by atoms with E-state index >= 15 is 0 Å². The summed E-state index contributed by atoms with van der Waals surface area (Å²) in [6.45, 7) is 2.02. The van der Waals surface area contributed by atoms with E-state index < -0.39 is 21.5 Å². The van der Waals surface area contributed by atoms with Gasteiger partial charge in [-0.2, -0.15) is 0 Å². The summed E-state index contributed by atoms with van der Waals surface area (Å²) in [7, 11) is -3.41. The van der Waals surface area contributed by atoms with Crippen molar-refractivity contribution in [1.82, 2.24) is 4.98 Å². The van der Waals surface area contributed by atoms with E-state index in [1.807, 2.05) is 0 Å². The summed E-state index contributed by atoms with van der Waals surface area (Å²) in [4.78, 5) is 4.09. The lowest BCUT2D eigenvalue weighted by Crippen LogP contribution is -2.14. The average molecular weight is 326 g/mol. The van der Waals surface area contributed by atoms with Gasteiger partial charge in [0.1, 0.15) is 22.3 Å². The minimum Gasteiger partial charge on any atom is -0.368 e. The molecule has 2 rings (SSSR count). The van der Waals surface area contributed by atoms with E-state index in [1.165, 1.54) is 30.5 Å². The molecule has 0 aliphatic heterocycles. The summed E-state index contributed by atoms with van der Waals surface area (Å²) in [5.74, 6) is -1.32. The standard InChI is InChI=1S/C15H16F2N2O2S/c1-10(12-6-5-11(16)8-13(12)17)9-19-15-14(22(2,20)21)4-3-7-18-15/h3-8,10H,9H2,1-2H3,(H,18,19). The Morgan fingerprint density at radius 3 is 2.64 bits per heavy atom. The van der Waals surface area contributed by atoms with Crippen molar-refractivity contribution in [1.29, 1.82) is 0 Å². The van der Waals surface area contributed by atoms with Crippen LogP contribution in [0.5, 0.6) is 0 Å². The molecule has 0 aliphatic rings. The van der Waals surface area contributed by atoms with E-state index in [2.05, 4.69) is 10.3 Å². The maximum absolute atomic E-state index is 13.7. The first-order valence-corrected chi connectivity index (χ1v) is 8.52. The van der Waals surface area contributed by atoms with Crippen LogP contribution < -0.4 is 5.32 Å². The number of nitrogens with one attached hydrogen (secondary N) is 1. The van der Waals surface area contributed by atoms with Gasteiger partial charge in [-0.3, -0.25) is 0 Å². The number of aromatic nitrogens is 1. The Morgan fingerprint density at radius 2 is 2.00 bits per heavy atom. The monoisotopic (exact) mass is 326 g/mol. The number of rotatable bonds is 5. The van der Waals surface area contributed by atoms with Crippen LogP contribution in [0.1, 0.15) is 18.4 Å². The van der Waals surface area contributed by atoms with Gasteiger partial charge in [0.2, 0.25) is 0 Å². The second kappa shape index (κ2) is 6.39. The molecule has 0 fully saturated rings. The van der Waals surface area contributed by atoms with Gasteiger partial charge < -0.3 is 5.32 Å². The highest BCUT2D eigenvalue weighted by Crippen LogP contribution is 2.22. The number of anilines is 1. The highest BCUT2D eigenvalue weighted by Gasteiger charge is 2.16. The molecule has 1 heterocycles. The first-order valence-electron chi connectivity index (χ1n) is 6.63. The molecule has 0 amide bonds. The molecular weight excluding hydrogens is 310 g/mol. The van der Waals surface area contributed by atoms with Gasteiger partial charge in [0.15, 0.2) is 9.84 Å². The van der Waals surface area contributed by atoms with Crippen LogP contribution in [0.2, 0.25) is 0 Å². The average Bonchev–Trinajstić information content (AvgIpc) is 2.44. The minimum atomic E-state index is -3.41. The smallest absolute Gasteiger partial charge is 0.179 e. The van der Waals surface area contributed by atoms with Crippen LogP contribution in [0.3, 0.4) is 0 Å². The first-order chi connectivity index (χ1) is 10.3. The Hall–Kier alpha value is -2.02. The van der Waals surface area contributed by atoms with Crippen LogP contribution in [0.4, 0.5) is 14.6 Å². The number of hydrogen-bond acceptors (Lipinski definition) is 4. The van der Waals surface area contributed by atoms with Crippen LogP contribution in [0.25, 0.3) is 0 Å². The van der Waals surface area contributed by atoms with Crippen molar-refractivity contribution in [2.24, 2.45) is 0 Å². The van der Waals surface area contributed by atoms with Crippen molar-refractivity contribution < 1.29 is 17.2 Å². The molecule has 0 saturated heterocycles. The SMILES string of the molecule is CC(CNc1ncccc1S(C)(=O)=O)c1ccc(F)cc1F. The molecule has 2 aromatic rings. The van der Waals surface area contributed by atoms with Gasteiger partial charge in [0.05, 0.1) is 0 Å². The lowest BCUT2D eigenvalue weighted by molar-refractivity contribution is 0.562. The second-order valence-electron chi connectivity index (χ2n) is 5.07. The summed E-state index contributed by atoms with van der Waals surface area (Å²) in [6.07, 6.45) is 2.57. The second-order valence-corrected chi connectivity index (χ2v) is 7.05. The summed E-state index contributed by atoms with van der Waals surface area (Å²) in [6, 6.07) is 6.39. The molecule has 118 valence electrons. The summed E-state index contributed by atoms with van der Waals surface area (Å²) >= 11 is 0. The van der Waals surface area contributed by atoms with Gasteiger partial charge in [-0.15, -0.1) is 0 Å². The maximum Gasteiger partial charge on any atom is 0.179 e. The Morgan fingerprint density at radius 1 is 1.27 bits per heavy atom. The van der Waals surface area contributed by atoms with Gasteiger partial charge in [0, 0.05) is 31.0 Å². The quantitative estimate of drug-likeness (QED) is 0.918. The van der Waals surface area contributed by atoms with Gasteiger partial charge in [-0.05, 0) is 23.8 Å². The fourth-order valence-corrected chi connectivity index (χ4v) is 2.89. The molecule has 22 heavy (non-hydrogen) atoms. The fraction of sp³-hybridized carbons (Fsp3) is 0.267. The molecule has 0 aliphatic carbocycles. The number of sulfone groups is 1. The fourth-order valence-electron chi connectivity index (χ4n) is 2.08. The van der Waals surface area contributed by atoms with Crippen molar-refractivity contribution in [2.45, 2.75) is 17.7 Å². The molecule has 0 radical (unpaired) electrons. The van der Waals surface area contributed by atoms with Crippen molar-refractivity contribution in [2.75, 3.05) is 18.1 Å². The van der Waals surface area contributed by atoms with Gasteiger partial charge in [-0.1, -0.05) is 13.0 Å². The normalized spacial score (nSPS) is 12.9. The van der Waals surface area contributed by atoms with Crippen molar-refractivity contribution in [3.63, 3.8) is 0 Å². The van der Waals surface area contributed by atoms with E-state index in [0.29, 0.717) is 5.56 Å². The molecular formula is C15H16F2N2O2S. The Bertz CT molecular complexity index is 779. The zero-order valence-electron chi connectivity index (χ0n) is 12.2.